The van der Waals surface area contributed by atoms with Crippen LogP contribution in [0.2, 0.25) is 0 Å². The third kappa shape index (κ3) is 3.77. The molecule has 3 aromatic rings. The molecule has 2 fully saturated rings. The van der Waals surface area contributed by atoms with Crippen LogP contribution in [-0.4, -0.2) is 57.2 Å². The Labute approximate surface area is 198 Å². The summed E-state index contributed by atoms with van der Waals surface area (Å²) in [6, 6.07) is 4.19. The number of nitrogens with zero attached hydrogens (tertiary/aromatic N) is 5. The van der Waals surface area contributed by atoms with Crippen LogP contribution in [-0.2, 0) is 17.7 Å². The molecule has 0 radical (unpaired) electrons. The number of aromatic nitrogens is 5. The van der Waals surface area contributed by atoms with Crippen molar-refractivity contribution < 1.29 is 9.53 Å². The number of aryl methyl sites for hydroxylation is 2. The quantitative estimate of drug-likeness (QED) is 0.606. The average Bonchev–Trinajstić information content (AvgIpc) is 3.53. The largest absolute Gasteiger partial charge is 0.381 e. The van der Waals surface area contributed by atoms with Crippen molar-refractivity contribution in [2.24, 2.45) is 5.41 Å². The lowest BCUT2D eigenvalue weighted by molar-refractivity contribution is -0.000464. The fraction of sp³-hybridized carbons (Fsp3) is 0.520. The van der Waals surface area contributed by atoms with E-state index in [2.05, 4.69) is 37.6 Å². The third-order valence-corrected chi connectivity index (χ3v) is 7.76. The molecule has 6 rings (SSSR count). The van der Waals surface area contributed by atoms with Crippen molar-refractivity contribution in [3.63, 3.8) is 0 Å². The van der Waals surface area contributed by atoms with Crippen molar-refractivity contribution >= 4 is 11.7 Å². The number of pyridine rings is 1. The van der Waals surface area contributed by atoms with E-state index in [1.165, 1.54) is 5.56 Å². The first-order chi connectivity index (χ1) is 16.5. The van der Waals surface area contributed by atoms with Crippen LogP contribution in [0.1, 0.15) is 63.9 Å². The molecular formula is C25H31N7O2. The molecule has 9 nitrogen and oxygen atoms in total. The van der Waals surface area contributed by atoms with Gasteiger partial charge in [-0.25, -0.2) is 4.98 Å². The smallest absolute Gasteiger partial charge is 0.255 e. The molecule has 3 aliphatic rings. The molecule has 3 aromatic heterocycles. The van der Waals surface area contributed by atoms with E-state index in [9.17, 15) is 4.79 Å². The van der Waals surface area contributed by atoms with Crippen LogP contribution in [0.3, 0.4) is 0 Å². The summed E-state index contributed by atoms with van der Waals surface area (Å²) in [5, 5.41) is 14.9. The summed E-state index contributed by atoms with van der Waals surface area (Å²) in [6.45, 7) is 8.56. The normalized spacial score (nSPS) is 20.9. The fourth-order valence-corrected chi connectivity index (χ4v) is 5.59. The molecule has 1 amide bonds. The number of carbonyl (C=O) groups is 1. The van der Waals surface area contributed by atoms with E-state index in [1.54, 1.807) is 17.1 Å². The zero-order valence-electron chi connectivity index (χ0n) is 19.8. The van der Waals surface area contributed by atoms with Gasteiger partial charge in [-0.3, -0.25) is 14.6 Å². The minimum Gasteiger partial charge on any atom is -0.381 e. The van der Waals surface area contributed by atoms with Crippen LogP contribution in [0.25, 0.3) is 0 Å². The summed E-state index contributed by atoms with van der Waals surface area (Å²) >= 11 is 0. The highest BCUT2D eigenvalue weighted by Crippen LogP contribution is 2.41. The maximum atomic E-state index is 12.8. The van der Waals surface area contributed by atoms with Gasteiger partial charge in [0.25, 0.3) is 5.91 Å². The molecule has 9 heteroatoms. The van der Waals surface area contributed by atoms with Crippen molar-refractivity contribution in [1.29, 1.82) is 0 Å². The summed E-state index contributed by atoms with van der Waals surface area (Å²) in [7, 11) is 0. The fourth-order valence-electron chi connectivity index (χ4n) is 5.59. The van der Waals surface area contributed by atoms with Crippen molar-refractivity contribution in [2.75, 3.05) is 31.2 Å². The molecule has 0 saturated carbocycles. The first-order valence-corrected chi connectivity index (χ1v) is 12.2. The van der Waals surface area contributed by atoms with Gasteiger partial charge >= 0.3 is 0 Å². The number of fused-ring (bicyclic) bond motifs is 1. The van der Waals surface area contributed by atoms with Crippen molar-refractivity contribution in [1.82, 2.24) is 30.3 Å². The number of H-pyrrole nitrogens is 1. The number of ether oxygens (including phenoxy) is 1. The Morgan fingerprint density at radius 3 is 2.88 bits per heavy atom. The van der Waals surface area contributed by atoms with Crippen LogP contribution >= 0.6 is 0 Å². The maximum Gasteiger partial charge on any atom is 0.255 e. The van der Waals surface area contributed by atoms with Crippen LogP contribution in [0.15, 0.2) is 24.5 Å². The highest BCUT2D eigenvalue weighted by molar-refractivity contribution is 5.94. The highest BCUT2D eigenvalue weighted by atomic mass is 16.5. The van der Waals surface area contributed by atoms with Gasteiger partial charge in [0, 0.05) is 49.3 Å². The molecule has 0 unspecified atom stereocenters. The predicted molar refractivity (Wildman–Crippen MR) is 127 cm³/mol. The molecule has 2 N–H and O–H groups in total. The van der Waals surface area contributed by atoms with E-state index in [1.807, 2.05) is 13.8 Å². The lowest BCUT2D eigenvalue weighted by atomic mass is 9.73. The molecule has 34 heavy (non-hydrogen) atoms. The molecule has 1 spiro atoms. The van der Waals surface area contributed by atoms with Gasteiger partial charge < -0.3 is 15.0 Å². The van der Waals surface area contributed by atoms with Gasteiger partial charge in [0.1, 0.15) is 5.82 Å². The number of amides is 1. The Kier molecular flexibility index (Phi) is 5.17. The predicted octanol–water partition coefficient (Wildman–Crippen LogP) is 2.70. The van der Waals surface area contributed by atoms with E-state index in [-0.39, 0.29) is 11.9 Å². The zero-order chi connectivity index (χ0) is 23.3. The second-order valence-electron chi connectivity index (χ2n) is 10.1. The number of rotatable bonds is 5. The van der Waals surface area contributed by atoms with Crippen LogP contribution in [0.4, 0.5) is 5.82 Å². The molecule has 2 saturated heterocycles. The topological polar surface area (TPSA) is 101 Å². The average molecular weight is 462 g/mol. The summed E-state index contributed by atoms with van der Waals surface area (Å²) < 4.78 is 7.33. The highest BCUT2D eigenvalue weighted by Gasteiger charge is 2.44. The Balaban J connectivity index is 1.08. The monoisotopic (exact) mass is 461 g/mol. The standard InChI is InChI=1S/C25H31N7O2/c1-16-18(3-6-22(27-16)31-14-25(15-31)7-9-34-10-8-25)12-32-13-19(11-26-32)24(33)28-21-5-4-20-17(2)29-30-23(20)21/h3,6,11,13,21H,4-5,7-10,12,14-15H2,1-2H3,(H,28,33)(H,29,30)/t21-/m1/s1. The second kappa shape index (κ2) is 8.23. The maximum absolute atomic E-state index is 12.8. The first-order valence-electron chi connectivity index (χ1n) is 12.2. The molecule has 2 aliphatic heterocycles. The molecule has 5 heterocycles. The number of hydrogen-bond donors (Lipinski definition) is 2. The van der Waals surface area contributed by atoms with Gasteiger partial charge in [0.15, 0.2) is 0 Å². The van der Waals surface area contributed by atoms with Gasteiger partial charge in [0.2, 0.25) is 0 Å². The first kappa shape index (κ1) is 21.3. The number of nitrogens with one attached hydrogen (secondary N) is 2. The SMILES string of the molecule is Cc1nc(N2CC3(CCOCC3)C2)ccc1Cn1cc(C(=O)N[C@@H]2CCc3c2n[nH]c3C)cn1. The molecule has 0 aromatic carbocycles. The zero-order valence-corrected chi connectivity index (χ0v) is 19.8. The molecule has 0 bridgehead atoms. The Morgan fingerprint density at radius 2 is 2.09 bits per heavy atom. The number of anilines is 1. The molecule has 1 aliphatic carbocycles. The lowest BCUT2D eigenvalue weighted by Crippen LogP contribution is -2.58. The Bertz CT molecular complexity index is 1220. The van der Waals surface area contributed by atoms with E-state index in [4.69, 9.17) is 9.72 Å². The van der Waals surface area contributed by atoms with Crippen LogP contribution in [0, 0.1) is 19.3 Å². The summed E-state index contributed by atoms with van der Waals surface area (Å²) in [4.78, 5) is 20.0. The summed E-state index contributed by atoms with van der Waals surface area (Å²) in [5.41, 5.74) is 6.37. The summed E-state index contributed by atoms with van der Waals surface area (Å²) in [5.74, 6) is 0.929. The van der Waals surface area contributed by atoms with Gasteiger partial charge in [0.05, 0.1) is 30.0 Å². The van der Waals surface area contributed by atoms with Crippen LogP contribution < -0.4 is 10.2 Å². The number of aromatic amines is 1. The lowest BCUT2D eigenvalue weighted by Gasteiger charge is -2.52. The van der Waals surface area contributed by atoms with Gasteiger partial charge in [-0.05, 0) is 56.7 Å². The molecular weight excluding hydrogens is 430 g/mol. The van der Waals surface area contributed by atoms with E-state index >= 15 is 0 Å². The van der Waals surface area contributed by atoms with Crippen molar-refractivity contribution in [3.05, 3.63) is 58.3 Å². The van der Waals surface area contributed by atoms with Gasteiger partial charge in [-0.15, -0.1) is 0 Å². The van der Waals surface area contributed by atoms with Crippen molar-refractivity contribution in [3.8, 4) is 0 Å². The third-order valence-electron chi connectivity index (χ3n) is 7.76. The summed E-state index contributed by atoms with van der Waals surface area (Å²) in [6.07, 6.45) is 7.56. The minimum atomic E-state index is -0.116. The van der Waals surface area contributed by atoms with E-state index in [0.29, 0.717) is 17.5 Å². The van der Waals surface area contributed by atoms with Crippen molar-refractivity contribution in [2.45, 2.75) is 52.1 Å². The molecule has 1 atom stereocenters. The number of hydrogen-bond acceptors (Lipinski definition) is 6. The van der Waals surface area contributed by atoms with E-state index in [0.717, 1.165) is 80.4 Å². The number of carbonyl (C=O) groups excluding carboxylic acids is 1. The Morgan fingerprint density at radius 1 is 1.26 bits per heavy atom. The Hall–Kier alpha value is -3.20. The van der Waals surface area contributed by atoms with Gasteiger partial charge in [-0.2, -0.15) is 10.2 Å². The minimum absolute atomic E-state index is 0.0448. The van der Waals surface area contributed by atoms with E-state index < -0.39 is 0 Å². The second-order valence-corrected chi connectivity index (χ2v) is 10.1. The van der Waals surface area contributed by atoms with Crippen LogP contribution in [0.5, 0.6) is 0 Å². The van der Waals surface area contributed by atoms with Gasteiger partial charge in [-0.1, -0.05) is 6.07 Å². The molecule has 178 valence electrons.